The third kappa shape index (κ3) is 4.29. The van der Waals surface area contributed by atoms with E-state index in [2.05, 4.69) is 29.6 Å². The van der Waals surface area contributed by atoms with Crippen LogP contribution in [0.1, 0.15) is 42.9 Å². The minimum atomic E-state index is 0.303. The minimum absolute atomic E-state index is 0.303. The first-order chi connectivity index (χ1) is 10.4. The molecule has 0 aromatic heterocycles. The van der Waals surface area contributed by atoms with Crippen LogP contribution in [0.25, 0.3) is 0 Å². The molecule has 1 aromatic rings. The summed E-state index contributed by atoms with van der Waals surface area (Å²) in [6.45, 7) is 7.36. The Morgan fingerprint density at radius 2 is 2.00 bits per heavy atom. The highest BCUT2D eigenvalue weighted by atomic mass is 16.5. The fraction of sp³-hybridized carbons (Fsp3) is 0.667. The summed E-state index contributed by atoms with van der Waals surface area (Å²) in [7, 11) is 0. The molecule has 3 heteroatoms. The van der Waals surface area contributed by atoms with Crippen molar-refractivity contribution in [2.75, 3.05) is 39.3 Å². The first kappa shape index (κ1) is 15.0. The maximum Gasteiger partial charge on any atom is 0.131 e. The second-order valence-corrected chi connectivity index (χ2v) is 6.54. The first-order valence-electron chi connectivity index (χ1n) is 8.78. The zero-order valence-electron chi connectivity index (χ0n) is 13.2. The Morgan fingerprint density at radius 3 is 2.90 bits per heavy atom. The average Bonchev–Trinajstić information content (AvgIpc) is 2.56. The van der Waals surface area contributed by atoms with Crippen molar-refractivity contribution in [3.05, 3.63) is 35.4 Å². The van der Waals surface area contributed by atoms with Crippen molar-refractivity contribution in [3.8, 4) is 0 Å². The predicted octanol–water partition coefficient (Wildman–Crippen LogP) is 0.323. The van der Waals surface area contributed by atoms with Gasteiger partial charge in [-0.1, -0.05) is 24.3 Å². The van der Waals surface area contributed by atoms with E-state index in [9.17, 15) is 0 Å². The van der Waals surface area contributed by atoms with E-state index in [1.165, 1.54) is 63.0 Å². The highest BCUT2D eigenvalue weighted by molar-refractivity contribution is 5.30. The van der Waals surface area contributed by atoms with Crippen LogP contribution in [0.4, 0.5) is 0 Å². The Kier molecular flexibility index (Phi) is 5.67. The monoisotopic (exact) mass is 290 g/mol. The number of likely N-dealkylation sites (tertiary alicyclic amines) is 1. The van der Waals surface area contributed by atoms with E-state index < -0.39 is 0 Å². The van der Waals surface area contributed by atoms with Crippen molar-refractivity contribution in [1.82, 2.24) is 0 Å². The molecule has 1 saturated heterocycles. The maximum absolute atomic E-state index is 5.96. The quantitative estimate of drug-likeness (QED) is 0.727. The van der Waals surface area contributed by atoms with Gasteiger partial charge in [-0.05, 0) is 36.8 Å². The summed E-state index contributed by atoms with van der Waals surface area (Å²) in [5.41, 5.74) is 2.90. The van der Waals surface area contributed by atoms with Crippen LogP contribution in [0.5, 0.6) is 0 Å². The molecule has 3 N–H and O–H groups in total. The smallest absolute Gasteiger partial charge is 0.131 e. The number of benzene rings is 1. The minimum Gasteiger partial charge on any atom is -0.367 e. The van der Waals surface area contributed by atoms with Crippen LogP contribution >= 0.6 is 0 Å². The summed E-state index contributed by atoms with van der Waals surface area (Å²) in [5, 5.41) is 2.45. The van der Waals surface area contributed by atoms with Crippen LogP contribution in [-0.4, -0.2) is 39.3 Å². The van der Waals surface area contributed by atoms with Crippen LogP contribution < -0.4 is 10.2 Å². The van der Waals surface area contributed by atoms with Gasteiger partial charge in [-0.3, -0.25) is 0 Å². The zero-order chi connectivity index (χ0) is 14.3. The molecule has 2 aliphatic rings. The van der Waals surface area contributed by atoms with Gasteiger partial charge in [0.25, 0.3) is 0 Å². The lowest BCUT2D eigenvalue weighted by Gasteiger charge is -2.25. The first-order valence-corrected chi connectivity index (χ1v) is 8.78. The number of hydrogen-bond acceptors (Lipinski definition) is 1. The van der Waals surface area contributed by atoms with E-state index in [0.717, 1.165) is 19.6 Å². The van der Waals surface area contributed by atoms with Gasteiger partial charge in [0, 0.05) is 6.42 Å². The number of ether oxygens (including phenoxy) is 1. The van der Waals surface area contributed by atoms with E-state index in [1.54, 1.807) is 0 Å². The summed E-state index contributed by atoms with van der Waals surface area (Å²) in [6, 6.07) is 8.78. The van der Waals surface area contributed by atoms with Gasteiger partial charge in [0.15, 0.2) is 0 Å². The molecule has 1 aromatic carbocycles. The SMILES string of the molecule is c1ccc2c(c1)CCO[C@H]2C[NH2+]CCC[NH+]1CCCCC1. The van der Waals surface area contributed by atoms with Gasteiger partial charge in [0.05, 0.1) is 32.8 Å². The van der Waals surface area contributed by atoms with Gasteiger partial charge < -0.3 is 15.0 Å². The summed E-state index contributed by atoms with van der Waals surface area (Å²) >= 11 is 0. The molecule has 1 fully saturated rings. The van der Waals surface area contributed by atoms with E-state index in [-0.39, 0.29) is 0 Å². The molecule has 0 unspecified atom stereocenters. The summed E-state index contributed by atoms with van der Waals surface area (Å²) in [6.07, 6.45) is 7.04. The number of hydrogen-bond donors (Lipinski definition) is 2. The number of nitrogens with one attached hydrogen (secondary N) is 1. The fourth-order valence-corrected chi connectivity index (χ4v) is 3.74. The molecule has 0 aliphatic carbocycles. The number of fused-ring (bicyclic) bond motifs is 1. The predicted molar refractivity (Wildman–Crippen MR) is 84.5 cm³/mol. The molecule has 0 amide bonds. The number of piperidine rings is 1. The van der Waals surface area contributed by atoms with Crippen LogP contribution in [-0.2, 0) is 11.2 Å². The van der Waals surface area contributed by atoms with Gasteiger partial charge in [-0.25, -0.2) is 0 Å². The highest BCUT2D eigenvalue weighted by Crippen LogP contribution is 2.25. The maximum atomic E-state index is 5.96. The second-order valence-electron chi connectivity index (χ2n) is 6.54. The lowest BCUT2D eigenvalue weighted by atomic mass is 9.97. The fourth-order valence-electron chi connectivity index (χ4n) is 3.74. The van der Waals surface area contributed by atoms with E-state index in [4.69, 9.17) is 4.74 Å². The normalized spacial score (nSPS) is 23.0. The van der Waals surface area contributed by atoms with Gasteiger partial charge in [0.1, 0.15) is 12.6 Å². The Hall–Kier alpha value is -0.900. The van der Waals surface area contributed by atoms with Gasteiger partial charge in [-0.2, -0.15) is 0 Å². The van der Waals surface area contributed by atoms with Gasteiger partial charge in [-0.15, -0.1) is 0 Å². The zero-order valence-corrected chi connectivity index (χ0v) is 13.2. The van der Waals surface area contributed by atoms with Gasteiger partial charge >= 0.3 is 0 Å². The van der Waals surface area contributed by atoms with Crippen molar-refractivity contribution in [2.45, 2.75) is 38.2 Å². The summed E-state index contributed by atoms with van der Waals surface area (Å²) < 4.78 is 5.96. The topological polar surface area (TPSA) is 30.3 Å². The number of rotatable bonds is 6. The molecule has 3 nitrogen and oxygen atoms in total. The van der Waals surface area contributed by atoms with Crippen molar-refractivity contribution < 1.29 is 15.0 Å². The Morgan fingerprint density at radius 1 is 1.14 bits per heavy atom. The van der Waals surface area contributed by atoms with Crippen LogP contribution in [0.2, 0.25) is 0 Å². The summed E-state index contributed by atoms with van der Waals surface area (Å²) in [4.78, 5) is 1.83. The molecule has 0 spiro atoms. The van der Waals surface area contributed by atoms with Crippen LogP contribution in [0.15, 0.2) is 24.3 Å². The van der Waals surface area contributed by atoms with Crippen LogP contribution in [0.3, 0.4) is 0 Å². The standard InChI is InChI=1S/C18H28N2O/c1-4-11-20(12-5-1)13-6-10-19-15-18-17-8-3-2-7-16(17)9-14-21-18/h2-3,7-8,18-19H,1,4-6,9-15H2/p+2/t18-/m0/s1. The number of quaternary nitrogens is 2. The molecule has 2 heterocycles. The Balaban J connectivity index is 1.36. The van der Waals surface area contributed by atoms with Crippen molar-refractivity contribution >= 4 is 0 Å². The van der Waals surface area contributed by atoms with E-state index in [0.29, 0.717) is 6.10 Å². The van der Waals surface area contributed by atoms with Crippen molar-refractivity contribution in [1.29, 1.82) is 0 Å². The highest BCUT2D eigenvalue weighted by Gasteiger charge is 2.21. The molecule has 2 aliphatic heterocycles. The largest absolute Gasteiger partial charge is 0.367 e. The van der Waals surface area contributed by atoms with Crippen molar-refractivity contribution in [3.63, 3.8) is 0 Å². The molecule has 3 rings (SSSR count). The Labute approximate surface area is 128 Å². The van der Waals surface area contributed by atoms with Crippen LogP contribution in [0, 0.1) is 0 Å². The molecule has 0 saturated carbocycles. The average molecular weight is 290 g/mol. The van der Waals surface area contributed by atoms with E-state index in [1.807, 2.05) is 4.90 Å². The lowest BCUT2D eigenvalue weighted by Crippen LogP contribution is -3.13. The molecule has 116 valence electrons. The second kappa shape index (κ2) is 7.92. The molecule has 21 heavy (non-hydrogen) atoms. The lowest BCUT2D eigenvalue weighted by molar-refractivity contribution is -0.906. The van der Waals surface area contributed by atoms with Crippen molar-refractivity contribution in [2.24, 2.45) is 0 Å². The van der Waals surface area contributed by atoms with E-state index >= 15 is 0 Å². The molecule has 0 bridgehead atoms. The Bertz CT molecular complexity index is 429. The molecule has 1 atom stereocenters. The van der Waals surface area contributed by atoms with Gasteiger partial charge in [0.2, 0.25) is 0 Å². The third-order valence-electron chi connectivity index (χ3n) is 4.97. The molecular formula is C18H30N2O+2. The summed E-state index contributed by atoms with van der Waals surface area (Å²) in [5.74, 6) is 0. The third-order valence-corrected chi connectivity index (χ3v) is 4.97. The molecule has 0 radical (unpaired) electrons. The number of nitrogens with two attached hydrogens (primary N) is 1. The molecular weight excluding hydrogens is 260 g/mol.